The van der Waals surface area contributed by atoms with Gasteiger partial charge in [-0.2, -0.15) is 0 Å². The summed E-state index contributed by atoms with van der Waals surface area (Å²) in [6.07, 6.45) is -2.84. The third kappa shape index (κ3) is 5.35. The van der Waals surface area contributed by atoms with Gasteiger partial charge < -0.3 is 14.9 Å². The normalized spacial score (nSPS) is 12.9. The molecule has 0 aliphatic rings. The first-order valence-electron chi connectivity index (χ1n) is 12.2. The van der Waals surface area contributed by atoms with Crippen LogP contribution in [0.3, 0.4) is 0 Å². The van der Waals surface area contributed by atoms with Crippen molar-refractivity contribution in [1.82, 2.24) is 4.98 Å². The second-order valence-corrected chi connectivity index (χ2v) is 9.47. The van der Waals surface area contributed by atoms with Crippen molar-refractivity contribution in [2.75, 3.05) is 7.11 Å². The van der Waals surface area contributed by atoms with Crippen molar-refractivity contribution in [3.05, 3.63) is 112 Å². The van der Waals surface area contributed by atoms with E-state index in [-0.39, 0.29) is 28.3 Å². The molecule has 4 aromatic rings. The summed E-state index contributed by atoms with van der Waals surface area (Å²) in [5.74, 6) is -1.93. The Morgan fingerprint density at radius 2 is 1.45 bits per heavy atom. The fourth-order valence-corrected chi connectivity index (χ4v) is 4.59. The van der Waals surface area contributed by atoms with Crippen LogP contribution in [0.4, 0.5) is 8.78 Å². The molecule has 2 unspecified atom stereocenters. The van der Waals surface area contributed by atoms with Crippen LogP contribution in [0.2, 0.25) is 0 Å². The summed E-state index contributed by atoms with van der Waals surface area (Å²) in [6.45, 7) is 5.62. The number of hydrogen-bond donors (Lipinski definition) is 2. The molecule has 0 aliphatic heterocycles. The lowest BCUT2D eigenvalue weighted by Gasteiger charge is -2.28. The zero-order chi connectivity index (χ0) is 27.6. The quantitative estimate of drug-likeness (QED) is 0.267. The lowest BCUT2D eigenvalue weighted by Crippen LogP contribution is -2.20. The van der Waals surface area contributed by atoms with Gasteiger partial charge in [0.05, 0.1) is 24.1 Å². The molecule has 3 aromatic carbocycles. The molecular weight excluding hydrogens is 488 g/mol. The highest BCUT2D eigenvalue weighted by Gasteiger charge is 2.34. The van der Waals surface area contributed by atoms with Crippen molar-refractivity contribution in [2.24, 2.45) is 0 Å². The Kier molecular flexibility index (Phi) is 7.99. The zero-order valence-corrected chi connectivity index (χ0v) is 21.6. The van der Waals surface area contributed by atoms with Crippen molar-refractivity contribution in [3.8, 4) is 22.4 Å². The third-order valence-corrected chi connectivity index (χ3v) is 6.43. The van der Waals surface area contributed by atoms with Gasteiger partial charge in [-0.05, 0) is 60.4 Å². The Hall–Kier alpha value is -3.94. The van der Waals surface area contributed by atoms with Crippen LogP contribution in [0.25, 0.3) is 22.4 Å². The lowest BCUT2D eigenvalue weighted by molar-refractivity contribution is 0.0165. The minimum atomic E-state index is -1.49. The Morgan fingerprint density at radius 3 is 1.97 bits per heavy atom. The van der Waals surface area contributed by atoms with Gasteiger partial charge >= 0.3 is 5.97 Å². The van der Waals surface area contributed by atoms with Gasteiger partial charge in [0, 0.05) is 16.7 Å². The number of aryl methyl sites for hydroxylation is 1. The molecule has 2 atom stereocenters. The number of hydrogen-bond acceptors (Lipinski definition) is 5. The van der Waals surface area contributed by atoms with Crippen LogP contribution in [-0.2, 0) is 4.74 Å². The number of carbonyl (C=O) groups excluding carboxylic acids is 1. The molecule has 0 saturated carbocycles. The molecule has 0 aliphatic carbocycles. The number of aliphatic hydroxyl groups is 2. The second kappa shape index (κ2) is 11.2. The van der Waals surface area contributed by atoms with E-state index in [0.29, 0.717) is 22.4 Å². The number of methoxy groups -OCH3 is 1. The van der Waals surface area contributed by atoms with E-state index in [1.165, 1.54) is 55.6 Å². The molecule has 1 heterocycles. The Bertz CT molecular complexity index is 1450. The van der Waals surface area contributed by atoms with Crippen molar-refractivity contribution >= 4 is 5.97 Å². The molecule has 196 valence electrons. The van der Waals surface area contributed by atoms with Gasteiger partial charge in [-0.3, -0.25) is 4.98 Å². The molecule has 0 radical (unpaired) electrons. The summed E-state index contributed by atoms with van der Waals surface area (Å²) in [6, 6.07) is 18.1. The van der Waals surface area contributed by atoms with E-state index in [1.54, 1.807) is 18.2 Å². The average molecular weight is 518 g/mol. The van der Waals surface area contributed by atoms with Gasteiger partial charge in [0.25, 0.3) is 0 Å². The molecule has 4 rings (SSSR count). The molecular formula is C31H29F2NO4. The van der Waals surface area contributed by atoms with Gasteiger partial charge in [-0.25, -0.2) is 13.6 Å². The maximum atomic E-state index is 13.9. The Morgan fingerprint density at radius 1 is 0.868 bits per heavy atom. The number of aliphatic hydroxyl groups excluding tert-OH is 2. The van der Waals surface area contributed by atoms with Crippen molar-refractivity contribution in [1.29, 1.82) is 0 Å². The van der Waals surface area contributed by atoms with Crippen molar-refractivity contribution in [3.63, 3.8) is 0 Å². The molecule has 0 spiro atoms. The largest absolute Gasteiger partial charge is 0.465 e. The van der Waals surface area contributed by atoms with Crippen LogP contribution < -0.4 is 0 Å². The highest BCUT2D eigenvalue weighted by molar-refractivity contribution is 6.04. The SMILES string of the molecule is COC(=O)c1c(-c2ccc(F)cc2)nc(C(C)C)c(C(O)C(O)c2cccc(C)c2)c1-c1ccc(F)cc1. The first-order valence-corrected chi connectivity index (χ1v) is 12.2. The highest BCUT2D eigenvalue weighted by Crippen LogP contribution is 2.44. The van der Waals surface area contributed by atoms with Crippen LogP contribution in [0.15, 0.2) is 72.8 Å². The summed E-state index contributed by atoms with van der Waals surface area (Å²) >= 11 is 0. The minimum absolute atomic E-state index is 0.0145. The van der Waals surface area contributed by atoms with Gasteiger partial charge in [0.2, 0.25) is 0 Å². The molecule has 1 aromatic heterocycles. The van der Waals surface area contributed by atoms with Gasteiger partial charge in [-0.1, -0.05) is 55.8 Å². The van der Waals surface area contributed by atoms with Crippen LogP contribution in [0.5, 0.6) is 0 Å². The van der Waals surface area contributed by atoms with E-state index < -0.39 is 29.8 Å². The smallest absolute Gasteiger partial charge is 0.340 e. The first-order chi connectivity index (χ1) is 18.1. The molecule has 38 heavy (non-hydrogen) atoms. The summed E-state index contributed by atoms with van der Waals surface area (Å²) in [7, 11) is 1.22. The molecule has 0 bridgehead atoms. The molecule has 5 nitrogen and oxygen atoms in total. The molecule has 2 N–H and O–H groups in total. The fraction of sp³-hybridized carbons (Fsp3) is 0.226. The predicted molar refractivity (Wildman–Crippen MR) is 142 cm³/mol. The summed E-state index contributed by atoms with van der Waals surface area (Å²) in [5.41, 5.74) is 3.41. The molecule has 0 amide bonds. The fourth-order valence-electron chi connectivity index (χ4n) is 4.59. The van der Waals surface area contributed by atoms with E-state index in [2.05, 4.69) is 0 Å². The standard InChI is InChI=1S/C31H29F2NO4/c1-17(2)27-25(30(36)29(35)21-7-5-6-18(3)16-21)24(19-8-12-22(32)13-9-19)26(31(37)38-4)28(34-27)20-10-14-23(33)15-11-20/h5-17,29-30,35-36H,1-4H3. The number of ether oxygens (including phenoxy) is 1. The topological polar surface area (TPSA) is 79.7 Å². The highest BCUT2D eigenvalue weighted by atomic mass is 19.1. The van der Waals surface area contributed by atoms with E-state index in [1.807, 2.05) is 26.8 Å². The van der Waals surface area contributed by atoms with E-state index in [4.69, 9.17) is 9.72 Å². The molecule has 0 saturated heterocycles. The zero-order valence-electron chi connectivity index (χ0n) is 21.6. The van der Waals surface area contributed by atoms with Gasteiger partial charge in [0.15, 0.2) is 0 Å². The predicted octanol–water partition coefficient (Wildman–Crippen LogP) is 6.68. The summed E-state index contributed by atoms with van der Waals surface area (Å²) in [4.78, 5) is 18.1. The van der Waals surface area contributed by atoms with Crippen LogP contribution in [0, 0.1) is 18.6 Å². The van der Waals surface area contributed by atoms with Crippen LogP contribution >= 0.6 is 0 Å². The third-order valence-electron chi connectivity index (χ3n) is 6.43. The van der Waals surface area contributed by atoms with Gasteiger partial charge in [-0.15, -0.1) is 0 Å². The molecule has 7 heteroatoms. The van der Waals surface area contributed by atoms with E-state index in [9.17, 15) is 23.8 Å². The lowest BCUT2D eigenvalue weighted by atomic mass is 9.83. The van der Waals surface area contributed by atoms with Crippen molar-refractivity contribution < 1.29 is 28.5 Å². The van der Waals surface area contributed by atoms with E-state index in [0.717, 1.165) is 5.56 Å². The monoisotopic (exact) mass is 517 g/mol. The number of benzene rings is 3. The van der Waals surface area contributed by atoms with Crippen molar-refractivity contribution in [2.45, 2.75) is 38.9 Å². The maximum Gasteiger partial charge on any atom is 0.340 e. The minimum Gasteiger partial charge on any atom is -0.465 e. The first kappa shape index (κ1) is 27.1. The number of aromatic nitrogens is 1. The summed E-state index contributed by atoms with van der Waals surface area (Å²) in [5, 5.41) is 23.0. The number of pyridine rings is 1. The number of halogens is 2. The van der Waals surface area contributed by atoms with Crippen LogP contribution in [0.1, 0.15) is 64.7 Å². The van der Waals surface area contributed by atoms with Crippen LogP contribution in [-0.4, -0.2) is 28.3 Å². The number of nitrogens with zero attached hydrogens (tertiary/aromatic N) is 1. The number of rotatable bonds is 7. The van der Waals surface area contributed by atoms with Gasteiger partial charge in [0.1, 0.15) is 23.8 Å². The second-order valence-electron chi connectivity index (χ2n) is 9.47. The summed E-state index contributed by atoms with van der Waals surface area (Å²) < 4.78 is 32.8. The maximum absolute atomic E-state index is 13.9. The average Bonchev–Trinajstić information content (AvgIpc) is 2.91. The molecule has 0 fully saturated rings. The Labute approximate surface area is 220 Å². The van der Waals surface area contributed by atoms with E-state index >= 15 is 0 Å². The number of carbonyl (C=O) groups is 1. The Balaban J connectivity index is 2.11. The number of esters is 1.